The molecular formula is C12H17FN2O5S. The standard InChI is InChI=1S/C12H17FN2O5S/c1-9(8-16)3-2-6-14-21(19,20)12-7-10(15(17)18)4-5-11(12)13/h4-5,7,9,14,16H,2-3,6,8H2,1H3. The zero-order valence-corrected chi connectivity index (χ0v) is 12.3. The highest BCUT2D eigenvalue weighted by Gasteiger charge is 2.22. The van der Waals surface area contributed by atoms with Gasteiger partial charge in [-0.2, -0.15) is 0 Å². The summed E-state index contributed by atoms with van der Waals surface area (Å²) < 4.78 is 39.6. The smallest absolute Gasteiger partial charge is 0.270 e. The van der Waals surface area contributed by atoms with Crippen LogP contribution in [0.15, 0.2) is 23.1 Å². The Bertz CT molecular complexity index is 606. The number of hydrogen-bond acceptors (Lipinski definition) is 5. The van der Waals surface area contributed by atoms with Crippen molar-refractivity contribution in [3.8, 4) is 0 Å². The van der Waals surface area contributed by atoms with E-state index in [4.69, 9.17) is 5.11 Å². The number of sulfonamides is 1. The molecule has 0 aliphatic carbocycles. The molecule has 1 atom stereocenters. The van der Waals surface area contributed by atoms with Crippen LogP contribution >= 0.6 is 0 Å². The first kappa shape index (κ1) is 17.5. The summed E-state index contributed by atoms with van der Waals surface area (Å²) in [5, 5.41) is 19.4. The molecule has 0 saturated carbocycles. The van der Waals surface area contributed by atoms with E-state index >= 15 is 0 Å². The van der Waals surface area contributed by atoms with Gasteiger partial charge in [0.25, 0.3) is 5.69 Å². The fourth-order valence-corrected chi connectivity index (χ4v) is 2.81. The Morgan fingerprint density at radius 1 is 1.48 bits per heavy atom. The van der Waals surface area contributed by atoms with Gasteiger partial charge in [-0.3, -0.25) is 10.1 Å². The van der Waals surface area contributed by atoms with E-state index in [1.807, 2.05) is 6.92 Å². The number of halogens is 1. The molecule has 118 valence electrons. The van der Waals surface area contributed by atoms with Crippen LogP contribution in [0.1, 0.15) is 19.8 Å². The highest BCUT2D eigenvalue weighted by Crippen LogP contribution is 2.21. The number of aliphatic hydroxyl groups excluding tert-OH is 1. The van der Waals surface area contributed by atoms with Gasteiger partial charge in [0.15, 0.2) is 0 Å². The summed E-state index contributed by atoms with van der Waals surface area (Å²) in [6.07, 6.45) is 1.08. The van der Waals surface area contributed by atoms with Gasteiger partial charge >= 0.3 is 0 Å². The third kappa shape index (κ3) is 5.03. The molecule has 0 aliphatic rings. The van der Waals surface area contributed by atoms with E-state index in [-0.39, 0.29) is 19.1 Å². The average Bonchev–Trinajstić information content (AvgIpc) is 2.43. The summed E-state index contributed by atoms with van der Waals surface area (Å²) in [6.45, 7) is 1.88. The van der Waals surface area contributed by atoms with Crippen LogP contribution in [0.4, 0.5) is 10.1 Å². The minimum Gasteiger partial charge on any atom is -0.396 e. The van der Waals surface area contributed by atoms with Gasteiger partial charge in [-0.05, 0) is 24.8 Å². The van der Waals surface area contributed by atoms with Crippen molar-refractivity contribution in [3.63, 3.8) is 0 Å². The Morgan fingerprint density at radius 3 is 2.71 bits per heavy atom. The number of rotatable bonds is 8. The van der Waals surface area contributed by atoms with Crippen LogP contribution in [0.25, 0.3) is 0 Å². The quantitative estimate of drug-likeness (QED) is 0.428. The van der Waals surface area contributed by atoms with E-state index in [0.717, 1.165) is 12.1 Å². The predicted molar refractivity (Wildman–Crippen MR) is 73.7 cm³/mol. The van der Waals surface area contributed by atoms with Crippen molar-refractivity contribution < 1.29 is 22.8 Å². The minimum absolute atomic E-state index is 0.00621. The number of benzene rings is 1. The first-order valence-corrected chi connectivity index (χ1v) is 7.80. The van der Waals surface area contributed by atoms with Crippen LogP contribution in [0.5, 0.6) is 0 Å². The first-order valence-electron chi connectivity index (χ1n) is 6.32. The minimum atomic E-state index is -4.14. The van der Waals surface area contributed by atoms with E-state index in [9.17, 15) is 22.9 Å². The molecule has 0 saturated heterocycles. The van der Waals surface area contributed by atoms with Gasteiger partial charge in [-0.25, -0.2) is 17.5 Å². The summed E-state index contributed by atoms with van der Waals surface area (Å²) in [7, 11) is -4.14. The number of hydrogen-bond donors (Lipinski definition) is 2. The van der Waals surface area contributed by atoms with E-state index in [1.165, 1.54) is 0 Å². The maximum Gasteiger partial charge on any atom is 0.270 e. The van der Waals surface area contributed by atoms with Crippen molar-refractivity contribution in [1.82, 2.24) is 4.72 Å². The molecule has 1 aromatic rings. The van der Waals surface area contributed by atoms with Crippen LogP contribution in [-0.4, -0.2) is 31.6 Å². The highest BCUT2D eigenvalue weighted by molar-refractivity contribution is 7.89. The maximum absolute atomic E-state index is 13.5. The monoisotopic (exact) mass is 320 g/mol. The third-order valence-corrected chi connectivity index (χ3v) is 4.37. The molecular weight excluding hydrogens is 303 g/mol. The van der Waals surface area contributed by atoms with Gasteiger partial charge in [-0.1, -0.05) is 6.92 Å². The van der Waals surface area contributed by atoms with Crippen molar-refractivity contribution in [1.29, 1.82) is 0 Å². The Hall–Kier alpha value is -1.58. The van der Waals surface area contributed by atoms with Gasteiger partial charge in [0.05, 0.1) is 4.92 Å². The summed E-state index contributed by atoms with van der Waals surface area (Å²) in [4.78, 5) is 9.07. The molecule has 7 nitrogen and oxygen atoms in total. The van der Waals surface area contributed by atoms with Crippen molar-refractivity contribution in [2.75, 3.05) is 13.2 Å². The Balaban J connectivity index is 2.78. The van der Waals surface area contributed by atoms with E-state index in [0.29, 0.717) is 18.9 Å². The molecule has 0 amide bonds. The van der Waals surface area contributed by atoms with Gasteiger partial charge in [0.2, 0.25) is 10.0 Å². The number of aliphatic hydroxyl groups is 1. The second kappa shape index (κ2) is 7.43. The van der Waals surface area contributed by atoms with E-state index in [1.54, 1.807) is 0 Å². The molecule has 1 aromatic carbocycles. The van der Waals surface area contributed by atoms with E-state index < -0.39 is 31.3 Å². The molecule has 21 heavy (non-hydrogen) atoms. The predicted octanol–water partition coefficient (Wildman–Crippen LogP) is 1.42. The second-order valence-corrected chi connectivity index (χ2v) is 6.43. The zero-order valence-electron chi connectivity index (χ0n) is 11.5. The van der Waals surface area contributed by atoms with Crippen LogP contribution < -0.4 is 4.72 Å². The normalized spacial score (nSPS) is 13.1. The summed E-state index contributed by atoms with van der Waals surface area (Å²) in [5.41, 5.74) is -0.495. The SMILES string of the molecule is CC(CO)CCCNS(=O)(=O)c1cc([N+](=O)[O-])ccc1F. The molecule has 0 aliphatic heterocycles. The zero-order chi connectivity index (χ0) is 16.0. The summed E-state index contributed by atoms with van der Waals surface area (Å²) in [5.74, 6) is -0.999. The molecule has 1 rings (SSSR count). The fourth-order valence-electron chi connectivity index (χ4n) is 1.64. The number of nitro groups is 1. The second-order valence-electron chi connectivity index (χ2n) is 4.70. The van der Waals surface area contributed by atoms with Crippen molar-refractivity contribution in [2.24, 2.45) is 5.92 Å². The molecule has 0 aromatic heterocycles. The van der Waals surface area contributed by atoms with Crippen LogP contribution in [0.3, 0.4) is 0 Å². The maximum atomic E-state index is 13.5. The first-order chi connectivity index (χ1) is 9.77. The lowest BCUT2D eigenvalue weighted by Crippen LogP contribution is -2.26. The Labute approximate surface area is 122 Å². The molecule has 0 radical (unpaired) electrons. The largest absolute Gasteiger partial charge is 0.396 e. The van der Waals surface area contributed by atoms with Gasteiger partial charge < -0.3 is 5.11 Å². The van der Waals surface area contributed by atoms with Crippen molar-refractivity contribution in [2.45, 2.75) is 24.7 Å². The number of nitrogens with zero attached hydrogens (tertiary/aromatic N) is 1. The molecule has 9 heteroatoms. The molecule has 0 bridgehead atoms. The molecule has 0 fully saturated rings. The van der Waals surface area contributed by atoms with Gasteiger partial charge in [0, 0.05) is 25.3 Å². The number of nitrogens with one attached hydrogen (secondary N) is 1. The lowest BCUT2D eigenvalue weighted by molar-refractivity contribution is -0.385. The van der Waals surface area contributed by atoms with Crippen molar-refractivity contribution >= 4 is 15.7 Å². The average molecular weight is 320 g/mol. The van der Waals surface area contributed by atoms with Gasteiger partial charge in [-0.15, -0.1) is 0 Å². The fraction of sp³-hybridized carbons (Fsp3) is 0.500. The number of non-ortho nitro benzene ring substituents is 1. The Morgan fingerprint density at radius 2 is 2.14 bits per heavy atom. The summed E-state index contributed by atoms with van der Waals surface area (Å²) in [6, 6.07) is 2.34. The number of nitro benzene ring substituents is 1. The third-order valence-electron chi connectivity index (χ3n) is 2.89. The molecule has 0 spiro atoms. The summed E-state index contributed by atoms with van der Waals surface area (Å²) >= 11 is 0. The Kier molecular flexibility index (Phi) is 6.19. The van der Waals surface area contributed by atoms with Crippen LogP contribution in [-0.2, 0) is 10.0 Å². The van der Waals surface area contributed by atoms with E-state index in [2.05, 4.69) is 4.72 Å². The highest BCUT2D eigenvalue weighted by atomic mass is 32.2. The van der Waals surface area contributed by atoms with Crippen LogP contribution in [0.2, 0.25) is 0 Å². The molecule has 2 N–H and O–H groups in total. The molecule has 0 heterocycles. The lowest BCUT2D eigenvalue weighted by Gasteiger charge is -2.09. The van der Waals surface area contributed by atoms with Gasteiger partial charge in [0.1, 0.15) is 10.7 Å². The lowest BCUT2D eigenvalue weighted by atomic mass is 10.1. The topological polar surface area (TPSA) is 110 Å². The molecule has 1 unspecified atom stereocenters. The van der Waals surface area contributed by atoms with Crippen molar-refractivity contribution in [3.05, 3.63) is 34.1 Å². The van der Waals surface area contributed by atoms with Crippen LogP contribution in [0, 0.1) is 21.8 Å².